The van der Waals surface area contributed by atoms with Crippen LogP contribution in [0.15, 0.2) is 42.5 Å². The predicted molar refractivity (Wildman–Crippen MR) is 108 cm³/mol. The highest BCUT2D eigenvalue weighted by molar-refractivity contribution is 5.90. The summed E-state index contributed by atoms with van der Waals surface area (Å²) in [5, 5.41) is 11.3. The Kier molecular flexibility index (Phi) is 7.14. The van der Waals surface area contributed by atoms with Gasteiger partial charge in [0.25, 0.3) is 5.91 Å². The van der Waals surface area contributed by atoms with Crippen molar-refractivity contribution in [1.29, 1.82) is 0 Å². The van der Waals surface area contributed by atoms with Gasteiger partial charge < -0.3 is 14.4 Å². The smallest absolute Gasteiger partial charge is 0.338 e. The van der Waals surface area contributed by atoms with E-state index in [1.54, 1.807) is 23.1 Å². The van der Waals surface area contributed by atoms with Gasteiger partial charge >= 0.3 is 11.7 Å². The second-order valence-electron chi connectivity index (χ2n) is 6.97. The predicted octanol–water partition coefficient (Wildman–Crippen LogP) is 2.24. The topological polar surface area (TPSA) is 102 Å². The van der Waals surface area contributed by atoms with Gasteiger partial charge in [-0.2, -0.15) is 0 Å². The number of nitro groups is 1. The molecule has 1 amide bonds. The molecule has 1 heterocycles. The molecule has 0 saturated carbocycles. The number of carbonyl (C=O) groups is 2. The van der Waals surface area contributed by atoms with Crippen LogP contribution in [0, 0.1) is 15.9 Å². The summed E-state index contributed by atoms with van der Waals surface area (Å²) in [4.78, 5) is 38.3. The van der Waals surface area contributed by atoms with Gasteiger partial charge in [0, 0.05) is 44.4 Å². The molecule has 0 N–H and O–H groups in total. The fraction of sp³-hybridized carbons (Fsp3) is 0.333. The van der Waals surface area contributed by atoms with Crippen LogP contribution < -0.4 is 4.74 Å². The third-order valence-electron chi connectivity index (χ3n) is 5.00. The molecule has 0 aromatic heterocycles. The number of ether oxygens (including phenoxy) is 2. The van der Waals surface area contributed by atoms with Gasteiger partial charge in [-0.25, -0.2) is 9.18 Å². The zero-order valence-corrected chi connectivity index (χ0v) is 17.0. The van der Waals surface area contributed by atoms with Crippen LogP contribution in [0.25, 0.3) is 0 Å². The standard InChI is InChI=1S/C21H22FN3O6/c1-30-21(27)15-6-7-19(18(12-15)25(28)29)31-14-20(26)24-10-8-23(9-11-24)13-16-4-2-3-5-17(16)22/h2-7,12H,8-11,13-14H2,1H3. The molecule has 0 unspecified atom stereocenters. The van der Waals surface area contributed by atoms with Gasteiger partial charge in [-0.15, -0.1) is 0 Å². The maximum atomic E-state index is 13.8. The highest BCUT2D eigenvalue weighted by Gasteiger charge is 2.24. The molecule has 10 heteroatoms. The summed E-state index contributed by atoms with van der Waals surface area (Å²) in [5.74, 6) is -1.38. The zero-order valence-electron chi connectivity index (χ0n) is 17.0. The first-order valence-corrected chi connectivity index (χ1v) is 9.62. The van der Waals surface area contributed by atoms with Gasteiger partial charge in [0.15, 0.2) is 12.4 Å². The molecule has 0 radical (unpaired) electrons. The molecule has 0 bridgehead atoms. The van der Waals surface area contributed by atoms with Crippen molar-refractivity contribution < 1.29 is 28.4 Å². The van der Waals surface area contributed by atoms with Gasteiger partial charge in [-0.3, -0.25) is 19.8 Å². The van der Waals surface area contributed by atoms with E-state index in [-0.39, 0.29) is 29.6 Å². The van der Waals surface area contributed by atoms with Gasteiger partial charge in [-0.05, 0) is 18.2 Å². The van der Waals surface area contributed by atoms with Crippen molar-refractivity contribution in [1.82, 2.24) is 9.80 Å². The molecule has 31 heavy (non-hydrogen) atoms. The minimum atomic E-state index is -0.709. The summed E-state index contributed by atoms with van der Waals surface area (Å²) in [5.41, 5.74) is 0.192. The number of nitro benzene ring substituents is 1. The van der Waals surface area contributed by atoms with Crippen LogP contribution in [0.1, 0.15) is 15.9 Å². The molecule has 1 saturated heterocycles. The van der Waals surface area contributed by atoms with E-state index < -0.39 is 16.6 Å². The molecule has 9 nitrogen and oxygen atoms in total. The largest absolute Gasteiger partial charge is 0.477 e. The van der Waals surface area contributed by atoms with Crippen molar-refractivity contribution >= 4 is 17.6 Å². The Morgan fingerprint density at radius 1 is 1.13 bits per heavy atom. The number of benzene rings is 2. The number of rotatable bonds is 7. The lowest BCUT2D eigenvalue weighted by Gasteiger charge is -2.34. The molecule has 3 rings (SSSR count). The molecule has 1 aliphatic heterocycles. The van der Waals surface area contributed by atoms with Crippen LogP contribution in [-0.4, -0.2) is 66.5 Å². The molecular formula is C21H22FN3O6. The highest BCUT2D eigenvalue weighted by atomic mass is 19.1. The second-order valence-corrected chi connectivity index (χ2v) is 6.97. The van der Waals surface area contributed by atoms with Gasteiger partial charge in [0.2, 0.25) is 0 Å². The Bertz CT molecular complexity index is 975. The summed E-state index contributed by atoms with van der Waals surface area (Å²) in [6.07, 6.45) is 0. The second kappa shape index (κ2) is 9.98. The highest BCUT2D eigenvalue weighted by Crippen LogP contribution is 2.28. The summed E-state index contributed by atoms with van der Waals surface area (Å²) in [6.45, 7) is 2.14. The van der Waals surface area contributed by atoms with E-state index in [0.29, 0.717) is 38.3 Å². The third kappa shape index (κ3) is 5.54. The van der Waals surface area contributed by atoms with E-state index in [1.807, 2.05) is 0 Å². The van der Waals surface area contributed by atoms with E-state index in [4.69, 9.17) is 4.74 Å². The number of esters is 1. The first-order valence-electron chi connectivity index (χ1n) is 9.62. The molecule has 0 aliphatic carbocycles. The average molecular weight is 431 g/mol. The van der Waals surface area contributed by atoms with Crippen molar-refractivity contribution in [2.45, 2.75) is 6.54 Å². The fourth-order valence-corrected chi connectivity index (χ4v) is 3.28. The molecule has 1 aliphatic rings. The molecule has 164 valence electrons. The van der Waals surface area contributed by atoms with Crippen molar-refractivity contribution in [3.63, 3.8) is 0 Å². The van der Waals surface area contributed by atoms with Crippen LogP contribution >= 0.6 is 0 Å². The van der Waals surface area contributed by atoms with E-state index in [9.17, 15) is 24.1 Å². The number of halogens is 1. The summed E-state index contributed by atoms with van der Waals surface area (Å²) in [7, 11) is 1.17. The van der Waals surface area contributed by atoms with E-state index in [1.165, 1.54) is 25.3 Å². The number of hydrogen-bond donors (Lipinski definition) is 0. The lowest BCUT2D eigenvalue weighted by Crippen LogP contribution is -2.49. The minimum absolute atomic E-state index is 0.0128. The Hall–Kier alpha value is -3.53. The minimum Gasteiger partial charge on any atom is -0.477 e. The average Bonchev–Trinajstić information content (AvgIpc) is 2.78. The Morgan fingerprint density at radius 2 is 1.84 bits per heavy atom. The third-order valence-corrected chi connectivity index (χ3v) is 5.00. The summed E-state index contributed by atoms with van der Waals surface area (Å²) < 4.78 is 23.7. The van der Waals surface area contributed by atoms with E-state index in [2.05, 4.69) is 9.64 Å². The quantitative estimate of drug-likeness (QED) is 0.376. The number of amides is 1. The van der Waals surface area contributed by atoms with Gasteiger partial charge in [-0.1, -0.05) is 18.2 Å². The van der Waals surface area contributed by atoms with Crippen LogP contribution in [0.2, 0.25) is 0 Å². The van der Waals surface area contributed by atoms with Crippen LogP contribution in [-0.2, 0) is 16.1 Å². The van der Waals surface area contributed by atoms with Crippen LogP contribution in [0.4, 0.5) is 10.1 Å². The Labute approximate surface area is 178 Å². The Morgan fingerprint density at radius 3 is 2.48 bits per heavy atom. The molecule has 2 aromatic carbocycles. The van der Waals surface area contributed by atoms with Gasteiger partial charge in [0.05, 0.1) is 17.6 Å². The number of nitrogens with zero attached hydrogens (tertiary/aromatic N) is 3. The lowest BCUT2D eigenvalue weighted by molar-refractivity contribution is -0.385. The molecule has 0 atom stereocenters. The fourth-order valence-electron chi connectivity index (χ4n) is 3.28. The Balaban J connectivity index is 1.54. The maximum Gasteiger partial charge on any atom is 0.338 e. The van der Waals surface area contributed by atoms with E-state index in [0.717, 1.165) is 6.07 Å². The molecular weight excluding hydrogens is 409 g/mol. The maximum absolute atomic E-state index is 13.8. The normalized spacial score (nSPS) is 14.2. The summed E-state index contributed by atoms with van der Waals surface area (Å²) >= 11 is 0. The molecule has 2 aromatic rings. The SMILES string of the molecule is COC(=O)c1ccc(OCC(=O)N2CCN(Cc3ccccc3F)CC2)c([N+](=O)[O-])c1. The molecule has 1 fully saturated rings. The van der Waals surface area contributed by atoms with Crippen molar-refractivity contribution in [3.05, 3.63) is 69.5 Å². The zero-order chi connectivity index (χ0) is 22.4. The van der Waals surface area contributed by atoms with Gasteiger partial charge in [0.1, 0.15) is 5.82 Å². The molecule has 0 spiro atoms. The summed E-state index contributed by atoms with van der Waals surface area (Å²) in [6, 6.07) is 10.2. The monoisotopic (exact) mass is 431 g/mol. The first-order chi connectivity index (χ1) is 14.9. The lowest BCUT2D eigenvalue weighted by atomic mass is 10.2. The number of hydrogen-bond acceptors (Lipinski definition) is 7. The van der Waals surface area contributed by atoms with Crippen molar-refractivity contribution in [2.24, 2.45) is 0 Å². The van der Waals surface area contributed by atoms with Crippen molar-refractivity contribution in [2.75, 3.05) is 39.9 Å². The van der Waals surface area contributed by atoms with Crippen molar-refractivity contribution in [3.8, 4) is 5.75 Å². The van der Waals surface area contributed by atoms with E-state index >= 15 is 0 Å². The number of carbonyl (C=O) groups excluding carboxylic acids is 2. The van der Waals surface area contributed by atoms with Crippen LogP contribution in [0.5, 0.6) is 5.75 Å². The number of piperazine rings is 1. The van der Waals surface area contributed by atoms with Crippen LogP contribution in [0.3, 0.4) is 0 Å². The number of methoxy groups -OCH3 is 1. The first kappa shape index (κ1) is 22.2.